The average molecular weight is 1060 g/mol. The van der Waals surface area contributed by atoms with E-state index in [1.807, 2.05) is 33.1 Å². The molecule has 2 fully saturated rings. The number of amides is 3. The molecule has 7 rings (SSSR count). The Morgan fingerprint density at radius 3 is 2.38 bits per heavy atom. The number of thiocarbonyl (C=S) groups is 1. The number of rotatable bonds is 15. The maximum atomic E-state index is 15.9. The number of likely N-dealkylation sites (tertiary alicyclic amines) is 1. The molecule has 24 heteroatoms. The van der Waals surface area contributed by atoms with E-state index < -0.39 is 91.5 Å². The summed E-state index contributed by atoms with van der Waals surface area (Å²) in [5, 5.41) is 14.2. The highest BCUT2D eigenvalue weighted by Crippen LogP contribution is 2.44. The molecule has 1 N–H and O–H groups in total. The predicted molar refractivity (Wildman–Crippen MR) is 256 cm³/mol. The number of halogens is 8. The molecule has 0 radical (unpaired) electrons. The molecule has 0 bridgehead atoms. The standard InChI is InChI=1S/C48H46F8N8O5S3/c1-25-39(72-24-59-25)32-23-71-41(60-32)34-10-9-15-62(34)42(66)40(45(2,3)4)61-35(65)22-68-16-7-8-17-69-28-12-13-29(30(19-28)47(51,52)53)38-31(49)18-27(21-58-38)64-44(70)63(43(67)46(64,5)6)33-14-11-26(20-57)36(37(33)50)48(54,55)56/h11-14,18-19,21,23-24,34,40H,7-10,15-17,22H2,1-6H3,(H,61,65)/t34-,40?/m0/s1. The lowest BCUT2D eigenvalue weighted by Gasteiger charge is -2.35. The SMILES string of the molecule is Cc1ncsc1-c1csc([C@@H]2CCCN2C(=O)C(NC(=O)COCCCCOc2ccc(-c3ncc(N4C(=S)N(c5ccc(C#N)c(C(F)(F)F)c5F)C(=O)C4(C)C)cc3F)c(C(F)(F)F)c2)C(C)(C)C)n1. The maximum Gasteiger partial charge on any atom is 0.420 e. The third kappa shape index (κ3) is 10.9. The second-order valence-electron chi connectivity index (χ2n) is 18.5. The first-order valence-electron chi connectivity index (χ1n) is 22.3. The zero-order valence-electron chi connectivity index (χ0n) is 39.4. The molecule has 0 aliphatic carbocycles. The summed E-state index contributed by atoms with van der Waals surface area (Å²) in [5.74, 6) is -5.20. The number of nitrogens with zero attached hydrogens (tertiary/aromatic N) is 7. The first-order valence-corrected chi connectivity index (χ1v) is 24.4. The van der Waals surface area contributed by atoms with Crippen molar-refractivity contribution in [1.29, 1.82) is 5.26 Å². The van der Waals surface area contributed by atoms with Gasteiger partial charge in [0.15, 0.2) is 16.7 Å². The van der Waals surface area contributed by atoms with Crippen LogP contribution >= 0.6 is 34.9 Å². The van der Waals surface area contributed by atoms with Gasteiger partial charge in [0.1, 0.15) is 40.2 Å². The third-order valence-electron chi connectivity index (χ3n) is 12.0. The number of carbonyl (C=O) groups is 3. The van der Waals surface area contributed by atoms with E-state index in [9.17, 15) is 40.7 Å². The Labute approximate surface area is 421 Å². The number of thiazole rings is 2. The lowest BCUT2D eigenvalue weighted by molar-refractivity contribution is -0.141. The number of pyridine rings is 1. The predicted octanol–water partition coefficient (Wildman–Crippen LogP) is 10.8. The molecule has 1 unspecified atom stereocenters. The van der Waals surface area contributed by atoms with Crippen LogP contribution in [0.15, 0.2) is 53.5 Å². The number of hydrogen-bond donors (Lipinski definition) is 1. The van der Waals surface area contributed by atoms with Gasteiger partial charge < -0.3 is 24.6 Å². The largest absolute Gasteiger partial charge is 0.494 e. The Balaban J connectivity index is 0.938. The summed E-state index contributed by atoms with van der Waals surface area (Å²) in [7, 11) is 0. The van der Waals surface area contributed by atoms with Crippen LogP contribution in [0.1, 0.15) is 93.7 Å². The van der Waals surface area contributed by atoms with E-state index in [2.05, 4.69) is 15.3 Å². The smallest absolute Gasteiger partial charge is 0.420 e. The highest BCUT2D eigenvalue weighted by molar-refractivity contribution is 7.81. The molecule has 3 amide bonds. The van der Waals surface area contributed by atoms with Crippen molar-refractivity contribution < 1.29 is 59.0 Å². The van der Waals surface area contributed by atoms with Gasteiger partial charge in [-0.3, -0.25) is 24.3 Å². The fourth-order valence-electron chi connectivity index (χ4n) is 8.41. The van der Waals surface area contributed by atoms with Crippen molar-refractivity contribution >= 4 is 69.1 Å². The number of anilines is 2. The van der Waals surface area contributed by atoms with Crippen molar-refractivity contribution in [3.05, 3.63) is 92.5 Å². The van der Waals surface area contributed by atoms with Gasteiger partial charge in [0.25, 0.3) is 5.91 Å². The minimum atomic E-state index is -5.33. The van der Waals surface area contributed by atoms with E-state index >= 15 is 8.78 Å². The molecule has 0 spiro atoms. The van der Waals surface area contributed by atoms with Gasteiger partial charge in [-0.15, -0.1) is 22.7 Å². The van der Waals surface area contributed by atoms with Crippen LogP contribution in [0, 0.1) is 35.3 Å². The second kappa shape index (κ2) is 20.8. The van der Waals surface area contributed by atoms with Crippen LogP contribution in [0.2, 0.25) is 0 Å². The lowest BCUT2D eigenvalue weighted by Crippen LogP contribution is -2.55. The number of alkyl halides is 6. The molecule has 2 atom stereocenters. The molecular weight excluding hydrogens is 1020 g/mol. The van der Waals surface area contributed by atoms with Crippen molar-refractivity contribution in [2.45, 2.75) is 97.2 Å². The van der Waals surface area contributed by atoms with Crippen LogP contribution in [0.5, 0.6) is 5.75 Å². The van der Waals surface area contributed by atoms with E-state index in [0.717, 1.165) is 63.4 Å². The van der Waals surface area contributed by atoms with Gasteiger partial charge in [0.05, 0.1) is 69.2 Å². The second-order valence-corrected chi connectivity index (χ2v) is 20.6. The summed E-state index contributed by atoms with van der Waals surface area (Å²) >= 11 is 8.37. The Bertz CT molecular complexity index is 2950. The van der Waals surface area contributed by atoms with Gasteiger partial charge in [0.2, 0.25) is 11.8 Å². The van der Waals surface area contributed by atoms with E-state index in [0.29, 0.717) is 36.4 Å². The molecule has 0 saturated carbocycles. The van der Waals surface area contributed by atoms with Gasteiger partial charge in [-0.2, -0.15) is 31.6 Å². The topological polar surface area (TPSA) is 154 Å². The van der Waals surface area contributed by atoms with Gasteiger partial charge in [0, 0.05) is 30.2 Å². The molecule has 2 saturated heterocycles. The van der Waals surface area contributed by atoms with Crippen LogP contribution in [0.3, 0.4) is 0 Å². The fourth-order valence-corrected chi connectivity index (χ4v) is 10.7. The monoisotopic (exact) mass is 1060 g/mol. The van der Waals surface area contributed by atoms with E-state index in [1.54, 1.807) is 10.4 Å². The summed E-state index contributed by atoms with van der Waals surface area (Å²) in [6, 6.07) is 5.17. The van der Waals surface area contributed by atoms with E-state index in [4.69, 9.17) is 31.9 Å². The molecule has 2 aliphatic rings. The van der Waals surface area contributed by atoms with Crippen molar-refractivity contribution in [2.75, 3.05) is 36.2 Å². The highest BCUT2D eigenvalue weighted by atomic mass is 32.1. The zero-order valence-corrected chi connectivity index (χ0v) is 41.9. The molecule has 2 aliphatic heterocycles. The van der Waals surface area contributed by atoms with Crippen LogP contribution in [0.25, 0.3) is 21.8 Å². The number of ether oxygens (including phenoxy) is 2. The first kappa shape index (κ1) is 53.6. The number of carbonyl (C=O) groups excluding carboxylic acids is 3. The number of hydrogen-bond acceptors (Lipinski definition) is 12. The Hall–Kier alpha value is -6.16. The molecule has 2 aromatic carbocycles. The zero-order chi connectivity index (χ0) is 52.7. The molecular formula is C48H46F8N8O5S3. The van der Waals surface area contributed by atoms with Gasteiger partial charge in [-0.1, -0.05) is 20.8 Å². The first-order chi connectivity index (χ1) is 33.7. The number of benzene rings is 2. The van der Waals surface area contributed by atoms with Crippen molar-refractivity contribution in [2.24, 2.45) is 5.41 Å². The summed E-state index contributed by atoms with van der Waals surface area (Å²) in [4.78, 5) is 58.0. The van der Waals surface area contributed by atoms with Crippen LogP contribution < -0.4 is 19.9 Å². The van der Waals surface area contributed by atoms with Gasteiger partial charge in [-0.25, -0.2) is 18.7 Å². The van der Waals surface area contributed by atoms with Crippen LogP contribution in [-0.2, 0) is 31.5 Å². The van der Waals surface area contributed by atoms with Gasteiger partial charge >= 0.3 is 12.4 Å². The van der Waals surface area contributed by atoms with Crippen LogP contribution in [0.4, 0.5) is 46.5 Å². The molecule has 382 valence electrons. The van der Waals surface area contributed by atoms with Crippen molar-refractivity contribution in [3.63, 3.8) is 0 Å². The average Bonchev–Trinajstić information content (AvgIpc) is 4.11. The highest BCUT2D eigenvalue weighted by Gasteiger charge is 2.52. The van der Waals surface area contributed by atoms with E-state index in [1.165, 1.54) is 48.7 Å². The Morgan fingerprint density at radius 1 is 1.01 bits per heavy atom. The van der Waals surface area contributed by atoms with Gasteiger partial charge in [-0.05, 0) is 94.4 Å². The summed E-state index contributed by atoms with van der Waals surface area (Å²) in [5.41, 5.74) is -5.87. The normalized spacial score (nSPS) is 16.6. The summed E-state index contributed by atoms with van der Waals surface area (Å²) in [6.45, 7) is 10.2. The maximum absolute atomic E-state index is 15.9. The molecule has 13 nitrogen and oxygen atoms in total. The number of nitriles is 1. The van der Waals surface area contributed by atoms with Crippen LogP contribution in [-0.4, -0.2) is 80.6 Å². The summed E-state index contributed by atoms with van der Waals surface area (Å²) < 4.78 is 127. The number of unbranched alkanes of at least 4 members (excludes halogenated alkanes) is 1. The number of nitrogens with one attached hydrogen (secondary N) is 1. The number of aromatic nitrogens is 3. The van der Waals surface area contributed by atoms with E-state index in [-0.39, 0.29) is 43.2 Å². The minimum Gasteiger partial charge on any atom is -0.494 e. The number of aryl methyl sites for hydroxylation is 1. The van der Waals surface area contributed by atoms with Crippen molar-refractivity contribution in [3.8, 4) is 33.6 Å². The van der Waals surface area contributed by atoms with Crippen molar-refractivity contribution in [1.82, 2.24) is 25.2 Å². The Morgan fingerprint density at radius 2 is 1.74 bits per heavy atom. The third-order valence-corrected chi connectivity index (χ3v) is 14.3. The fraction of sp³-hybridized carbons (Fsp3) is 0.417. The molecule has 5 heterocycles. The summed E-state index contributed by atoms with van der Waals surface area (Å²) in [6.07, 6.45) is -7.27. The molecule has 3 aromatic heterocycles. The Kier molecular flexibility index (Phi) is 15.5. The quantitative estimate of drug-likeness (QED) is 0.0605. The molecule has 5 aromatic rings. The molecule has 72 heavy (non-hydrogen) atoms. The minimum absolute atomic E-state index is 0.0549. The lowest BCUT2D eigenvalue weighted by atomic mass is 9.85.